The highest BCUT2D eigenvalue weighted by molar-refractivity contribution is 5.88. The second kappa shape index (κ2) is 11.6. The van der Waals surface area contributed by atoms with E-state index in [0.29, 0.717) is 25.8 Å². The van der Waals surface area contributed by atoms with Crippen molar-refractivity contribution >= 4 is 11.8 Å². The molecule has 0 aliphatic carbocycles. The molecule has 34 heavy (non-hydrogen) atoms. The Morgan fingerprint density at radius 3 is 1.97 bits per heavy atom. The van der Waals surface area contributed by atoms with Gasteiger partial charge in [-0.2, -0.15) is 0 Å². The summed E-state index contributed by atoms with van der Waals surface area (Å²) in [4.78, 5) is 29.0. The number of nitrogens with zero attached hydrogens (tertiary/aromatic N) is 1. The molecule has 0 spiro atoms. The Morgan fingerprint density at radius 1 is 0.824 bits per heavy atom. The predicted octanol–water partition coefficient (Wildman–Crippen LogP) is 5.48. The molecule has 2 amide bonds. The van der Waals surface area contributed by atoms with Gasteiger partial charge in [0.05, 0.1) is 0 Å². The standard InChI is InChI=1S/C30H36N2O2/c1-23-13-11-12-18-26(23)22-32(28(33)20-19-24-14-7-5-8-15-24)27(29(34)31-30(2,3)4)21-25-16-9-6-10-17-25/h5-18,27H,19-22H2,1-4H3,(H,31,34)/t27-/m0/s1. The third kappa shape index (κ3) is 7.58. The molecule has 0 aliphatic heterocycles. The highest BCUT2D eigenvalue weighted by Crippen LogP contribution is 2.19. The molecule has 0 unspecified atom stereocenters. The Balaban J connectivity index is 1.94. The van der Waals surface area contributed by atoms with E-state index >= 15 is 0 Å². The minimum atomic E-state index is -0.607. The zero-order valence-electron chi connectivity index (χ0n) is 20.8. The summed E-state index contributed by atoms with van der Waals surface area (Å²) in [5.74, 6) is -0.143. The summed E-state index contributed by atoms with van der Waals surface area (Å²) in [6.45, 7) is 8.34. The van der Waals surface area contributed by atoms with Gasteiger partial charge in [-0.3, -0.25) is 9.59 Å². The SMILES string of the molecule is Cc1ccccc1CN(C(=O)CCc1ccccc1)[C@@H](Cc1ccccc1)C(=O)NC(C)(C)C. The maximum atomic E-state index is 13.7. The zero-order chi connectivity index (χ0) is 24.6. The minimum Gasteiger partial charge on any atom is -0.350 e. The first-order valence-corrected chi connectivity index (χ1v) is 12.0. The van der Waals surface area contributed by atoms with E-state index in [4.69, 9.17) is 0 Å². The van der Waals surface area contributed by atoms with E-state index in [1.807, 2.05) is 113 Å². The van der Waals surface area contributed by atoms with Gasteiger partial charge in [-0.15, -0.1) is 0 Å². The van der Waals surface area contributed by atoms with Crippen LogP contribution < -0.4 is 5.32 Å². The van der Waals surface area contributed by atoms with Crippen LogP contribution in [-0.2, 0) is 29.0 Å². The Kier molecular flexibility index (Phi) is 8.64. The highest BCUT2D eigenvalue weighted by atomic mass is 16.2. The van der Waals surface area contributed by atoms with Crippen LogP contribution in [0.5, 0.6) is 0 Å². The van der Waals surface area contributed by atoms with Crippen molar-refractivity contribution in [3.05, 3.63) is 107 Å². The van der Waals surface area contributed by atoms with Crippen molar-refractivity contribution in [3.63, 3.8) is 0 Å². The van der Waals surface area contributed by atoms with Crippen LogP contribution in [-0.4, -0.2) is 28.3 Å². The van der Waals surface area contributed by atoms with Gasteiger partial charge in [0.2, 0.25) is 11.8 Å². The third-order valence-electron chi connectivity index (χ3n) is 5.84. The van der Waals surface area contributed by atoms with Gasteiger partial charge < -0.3 is 10.2 Å². The fraction of sp³-hybridized carbons (Fsp3) is 0.333. The van der Waals surface area contributed by atoms with Gasteiger partial charge in [0, 0.05) is 24.9 Å². The van der Waals surface area contributed by atoms with Gasteiger partial charge in [-0.25, -0.2) is 0 Å². The maximum Gasteiger partial charge on any atom is 0.243 e. The molecule has 4 nitrogen and oxygen atoms in total. The monoisotopic (exact) mass is 456 g/mol. The first-order chi connectivity index (χ1) is 16.2. The summed E-state index contributed by atoms with van der Waals surface area (Å²) >= 11 is 0. The summed E-state index contributed by atoms with van der Waals surface area (Å²) < 4.78 is 0. The molecule has 4 heteroatoms. The molecular weight excluding hydrogens is 420 g/mol. The van der Waals surface area contributed by atoms with E-state index in [2.05, 4.69) is 5.32 Å². The number of aryl methyl sites for hydroxylation is 2. The fourth-order valence-electron chi connectivity index (χ4n) is 4.02. The lowest BCUT2D eigenvalue weighted by Crippen LogP contribution is -2.54. The van der Waals surface area contributed by atoms with Crippen molar-refractivity contribution in [2.24, 2.45) is 0 Å². The number of rotatable bonds is 9. The molecule has 0 fully saturated rings. The van der Waals surface area contributed by atoms with Gasteiger partial charge in [-0.1, -0.05) is 84.9 Å². The highest BCUT2D eigenvalue weighted by Gasteiger charge is 2.32. The van der Waals surface area contributed by atoms with Crippen LogP contribution in [0.2, 0.25) is 0 Å². The number of benzene rings is 3. The number of amides is 2. The first-order valence-electron chi connectivity index (χ1n) is 12.0. The zero-order valence-corrected chi connectivity index (χ0v) is 20.8. The average molecular weight is 457 g/mol. The van der Waals surface area contributed by atoms with E-state index in [-0.39, 0.29) is 11.8 Å². The van der Waals surface area contributed by atoms with Crippen LogP contribution in [0.25, 0.3) is 0 Å². The first kappa shape index (κ1) is 25.2. The topological polar surface area (TPSA) is 49.4 Å². The van der Waals surface area contributed by atoms with Crippen molar-refractivity contribution in [2.45, 2.75) is 65.1 Å². The van der Waals surface area contributed by atoms with Gasteiger partial charge >= 0.3 is 0 Å². The Hall–Kier alpha value is -3.40. The van der Waals surface area contributed by atoms with Crippen LogP contribution in [0.1, 0.15) is 49.4 Å². The average Bonchev–Trinajstić information content (AvgIpc) is 2.81. The Morgan fingerprint density at radius 2 is 1.38 bits per heavy atom. The number of hydrogen-bond donors (Lipinski definition) is 1. The largest absolute Gasteiger partial charge is 0.350 e. The van der Waals surface area contributed by atoms with E-state index in [1.54, 1.807) is 4.90 Å². The van der Waals surface area contributed by atoms with Crippen LogP contribution >= 0.6 is 0 Å². The van der Waals surface area contributed by atoms with Crippen molar-refractivity contribution in [1.82, 2.24) is 10.2 Å². The second-order valence-corrected chi connectivity index (χ2v) is 9.88. The van der Waals surface area contributed by atoms with Crippen LogP contribution in [0.3, 0.4) is 0 Å². The number of hydrogen-bond acceptors (Lipinski definition) is 2. The molecule has 0 saturated carbocycles. The minimum absolute atomic E-state index is 0.0166. The van der Waals surface area contributed by atoms with E-state index in [9.17, 15) is 9.59 Å². The molecule has 3 rings (SSSR count). The predicted molar refractivity (Wildman–Crippen MR) is 138 cm³/mol. The van der Waals surface area contributed by atoms with Crippen LogP contribution in [0.15, 0.2) is 84.9 Å². The number of carbonyl (C=O) groups is 2. The van der Waals surface area contributed by atoms with Crippen LogP contribution in [0.4, 0.5) is 0 Å². The van der Waals surface area contributed by atoms with Crippen molar-refractivity contribution < 1.29 is 9.59 Å². The molecule has 3 aromatic rings. The van der Waals surface area contributed by atoms with Crippen molar-refractivity contribution in [3.8, 4) is 0 Å². The number of carbonyl (C=O) groups excluding carboxylic acids is 2. The molecule has 0 heterocycles. The quantitative estimate of drug-likeness (QED) is 0.463. The summed E-state index contributed by atoms with van der Waals surface area (Å²) in [6, 6.07) is 27.4. The fourth-order valence-corrected chi connectivity index (χ4v) is 4.02. The van der Waals surface area contributed by atoms with E-state index < -0.39 is 11.6 Å². The molecule has 0 aliphatic rings. The smallest absolute Gasteiger partial charge is 0.243 e. The van der Waals surface area contributed by atoms with Gasteiger partial charge in [0.25, 0.3) is 0 Å². The maximum absolute atomic E-state index is 13.7. The third-order valence-corrected chi connectivity index (χ3v) is 5.84. The molecule has 1 atom stereocenters. The normalized spacial score (nSPS) is 12.1. The summed E-state index contributed by atoms with van der Waals surface area (Å²) in [5.41, 5.74) is 3.91. The second-order valence-electron chi connectivity index (χ2n) is 9.88. The lowest BCUT2D eigenvalue weighted by Gasteiger charge is -2.34. The van der Waals surface area contributed by atoms with E-state index in [0.717, 1.165) is 22.3 Å². The van der Waals surface area contributed by atoms with Gasteiger partial charge in [0.1, 0.15) is 6.04 Å². The van der Waals surface area contributed by atoms with Gasteiger partial charge in [0.15, 0.2) is 0 Å². The summed E-state index contributed by atoms with van der Waals surface area (Å²) in [5, 5.41) is 3.12. The van der Waals surface area contributed by atoms with Crippen molar-refractivity contribution in [2.75, 3.05) is 0 Å². The lowest BCUT2D eigenvalue weighted by molar-refractivity contribution is -0.141. The summed E-state index contributed by atoms with van der Waals surface area (Å²) in [7, 11) is 0. The molecular formula is C30H36N2O2. The molecule has 3 aromatic carbocycles. The van der Waals surface area contributed by atoms with Crippen LogP contribution in [0, 0.1) is 6.92 Å². The number of nitrogens with one attached hydrogen (secondary N) is 1. The van der Waals surface area contributed by atoms with Gasteiger partial charge in [-0.05, 0) is 56.4 Å². The summed E-state index contributed by atoms with van der Waals surface area (Å²) in [6.07, 6.45) is 1.46. The lowest BCUT2D eigenvalue weighted by atomic mass is 9.99. The molecule has 1 N–H and O–H groups in total. The molecule has 0 bridgehead atoms. The van der Waals surface area contributed by atoms with E-state index in [1.165, 1.54) is 0 Å². The van der Waals surface area contributed by atoms with Crippen molar-refractivity contribution in [1.29, 1.82) is 0 Å². The molecule has 0 aromatic heterocycles. The molecule has 0 saturated heterocycles. The Bertz CT molecular complexity index is 1070. The Labute approximate surface area is 204 Å². The molecule has 0 radical (unpaired) electrons. The molecule has 178 valence electrons.